The molecule has 0 atom stereocenters. The molecule has 1 fully saturated rings. The molecule has 0 bridgehead atoms. The van der Waals surface area contributed by atoms with E-state index in [1.54, 1.807) is 6.08 Å². The maximum absolute atomic E-state index is 12.2. The highest BCUT2D eigenvalue weighted by atomic mass is 32.1. The van der Waals surface area contributed by atoms with Gasteiger partial charge in [-0.25, -0.2) is 0 Å². The summed E-state index contributed by atoms with van der Waals surface area (Å²) in [6.45, 7) is 1.35. The van der Waals surface area contributed by atoms with Crippen molar-refractivity contribution in [2.75, 3.05) is 13.1 Å². The fourth-order valence-electron chi connectivity index (χ4n) is 2.75. The van der Waals surface area contributed by atoms with Crippen LogP contribution in [0.15, 0.2) is 53.9 Å². The van der Waals surface area contributed by atoms with Crippen molar-refractivity contribution in [2.24, 2.45) is 0 Å². The normalized spacial score (nSPS) is 15.6. The topological polar surface area (TPSA) is 49.4 Å². The number of nitrogens with one attached hydrogen (secondary N) is 1. The molecule has 1 aromatic carbocycles. The van der Waals surface area contributed by atoms with Crippen LogP contribution in [0.2, 0.25) is 0 Å². The Hall–Kier alpha value is -2.40. The van der Waals surface area contributed by atoms with Crippen molar-refractivity contribution in [3.05, 3.63) is 64.4 Å². The maximum atomic E-state index is 12.2. The zero-order valence-corrected chi connectivity index (χ0v) is 14.2. The number of hydrogen-bond donors (Lipinski definition) is 1. The minimum absolute atomic E-state index is 0.0150. The number of benzene rings is 1. The van der Waals surface area contributed by atoms with Gasteiger partial charge in [0.2, 0.25) is 5.91 Å². The third-order valence-corrected chi connectivity index (χ3v) is 4.97. The lowest BCUT2D eigenvalue weighted by atomic mass is 10.0. The zero-order chi connectivity index (χ0) is 16.8. The Morgan fingerprint density at radius 1 is 1.08 bits per heavy atom. The predicted molar refractivity (Wildman–Crippen MR) is 96.9 cm³/mol. The van der Waals surface area contributed by atoms with Crippen LogP contribution >= 0.6 is 11.3 Å². The predicted octanol–water partition coefficient (Wildman–Crippen LogP) is 3.18. The Morgan fingerprint density at radius 3 is 2.50 bits per heavy atom. The largest absolute Gasteiger partial charge is 0.348 e. The molecule has 0 unspecified atom stereocenters. The summed E-state index contributed by atoms with van der Waals surface area (Å²) in [6.07, 6.45) is 5.05. The van der Waals surface area contributed by atoms with E-state index in [4.69, 9.17) is 0 Å². The average molecular weight is 340 g/mol. The molecule has 2 heterocycles. The second kappa shape index (κ2) is 7.93. The van der Waals surface area contributed by atoms with Crippen molar-refractivity contribution in [3.63, 3.8) is 0 Å². The van der Waals surface area contributed by atoms with E-state index in [0.717, 1.165) is 23.3 Å². The van der Waals surface area contributed by atoms with Crippen molar-refractivity contribution in [1.29, 1.82) is 0 Å². The van der Waals surface area contributed by atoms with Crippen molar-refractivity contribution in [3.8, 4) is 0 Å². The minimum Gasteiger partial charge on any atom is -0.348 e. The van der Waals surface area contributed by atoms with Crippen molar-refractivity contribution < 1.29 is 9.59 Å². The molecule has 0 radical (unpaired) electrons. The number of thiophene rings is 1. The number of amides is 2. The molecule has 0 saturated carbocycles. The Bertz CT molecular complexity index is 702. The van der Waals surface area contributed by atoms with Gasteiger partial charge >= 0.3 is 0 Å². The quantitative estimate of drug-likeness (QED) is 0.869. The summed E-state index contributed by atoms with van der Waals surface area (Å²) < 4.78 is 0. The summed E-state index contributed by atoms with van der Waals surface area (Å²) in [4.78, 5) is 26.9. The molecule has 124 valence electrons. The van der Waals surface area contributed by atoms with Crippen LogP contribution < -0.4 is 5.32 Å². The summed E-state index contributed by atoms with van der Waals surface area (Å²) in [7, 11) is 0. The third-order valence-electron chi connectivity index (χ3n) is 4.10. The van der Waals surface area contributed by atoms with Crippen LogP contribution in [0.5, 0.6) is 0 Å². The van der Waals surface area contributed by atoms with Gasteiger partial charge in [-0.15, -0.1) is 11.3 Å². The Labute approximate surface area is 145 Å². The number of rotatable bonds is 4. The van der Waals surface area contributed by atoms with Gasteiger partial charge in [0, 0.05) is 25.2 Å². The van der Waals surface area contributed by atoms with E-state index < -0.39 is 0 Å². The van der Waals surface area contributed by atoms with Crippen molar-refractivity contribution in [1.82, 2.24) is 10.2 Å². The second-order valence-corrected chi connectivity index (χ2v) is 6.74. The van der Waals surface area contributed by atoms with Gasteiger partial charge in [0.15, 0.2) is 0 Å². The number of nitrogens with zero attached hydrogens (tertiary/aromatic N) is 1. The number of hydrogen-bond acceptors (Lipinski definition) is 3. The molecule has 2 amide bonds. The molecule has 1 aromatic heterocycles. The third kappa shape index (κ3) is 4.32. The lowest BCUT2D eigenvalue weighted by Gasteiger charge is -2.31. The summed E-state index contributed by atoms with van der Waals surface area (Å²) in [5, 5.41) is 4.95. The number of likely N-dealkylation sites (tertiary alicyclic amines) is 1. The van der Waals surface area contributed by atoms with Gasteiger partial charge in [0.1, 0.15) is 0 Å². The SMILES string of the molecule is O=C(NC1CCN(C(=O)/C=C/c2ccccc2)CC1)c1cccs1. The first-order valence-corrected chi connectivity index (χ1v) is 8.97. The van der Waals surface area contributed by atoms with Crippen LogP contribution in [-0.4, -0.2) is 35.8 Å². The Morgan fingerprint density at radius 2 is 1.83 bits per heavy atom. The van der Waals surface area contributed by atoms with Gasteiger partial charge < -0.3 is 10.2 Å². The standard InChI is InChI=1S/C19H20N2O2S/c22-18(9-8-15-5-2-1-3-6-15)21-12-10-16(11-13-21)20-19(23)17-7-4-14-24-17/h1-9,14,16H,10-13H2,(H,20,23)/b9-8+. The van der Waals surface area contributed by atoms with Crippen LogP contribution in [0, 0.1) is 0 Å². The molecular formula is C19H20N2O2S. The van der Waals surface area contributed by atoms with E-state index in [0.29, 0.717) is 13.1 Å². The molecule has 5 heteroatoms. The van der Waals surface area contributed by atoms with Gasteiger partial charge in [-0.1, -0.05) is 36.4 Å². The number of carbonyl (C=O) groups excluding carboxylic acids is 2. The molecule has 1 aliphatic rings. The first kappa shape index (κ1) is 16.5. The molecule has 24 heavy (non-hydrogen) atoms. The summed E-state index contributed by atoms with van der Waals surface area (Å²) in [5.74, 6) is 0.0145. The van der Waals surface area contributed by atoms with E-state index in [2.05, 4.69) is 5.32 Å². The van der Waals surface area contributed by atoms with Gasteiger partial charge in [0.05, 0.1) is 4.88 Å². The Kier molecular flexibility index (Phi) is 5.43. The molecule has 1 saturated heterocycles. The van der Waals surface area contributed by atoms with Crippen LogP contribution in [-0.2, 0) is 4.79 Å². The zero-order valence-electron chi connectivity index (χ0n) is 13.4. The summed E-state index contributed by atoms with van der Waals surface area (Å²) in [6, 6.07) is 13.6. The lowest BCUT2D eigenvalue weighted by Crippen LogP contribution is -2.46. The Balaban J connectivity index is 1.47. The van der Waals surface area contributed by atoms with E-state index >= 15 is 0 Å². The molecule has 4 nitrogen and oxygen atoms in total. The first-order valence-electron chi connectivity index (χ1n) is 8.09. The van der Waals surface area contributed by atoms with Gasteiger partial charge in [-0.2, -0.15) is 0 Å². The highest BCUT2D eigenvalue weighted by Gasteiger charge is 2.23. The number of piperidine rings is 1. The molecule has 0 spiro atoms. The highest BCUT2D eigenvalue weighted by Crippen LogP contribution is 2.14. The number of carbonyl (C=O) groups is 2. The van der Waals surface area contributed by atoms with E-state index in [-0.39, 0.29) is 17.9 Å². The lowest BCUT2D eigenvalue weighted by molar-refractivity contribution is -0.126. The summed E-state index contributed by atoms with van der Waals surface area (Å²) in [5.41, 5.74) is 1.02. The van der Waals surface area contributed by atoms with Crippen molar-refractivity contribution in [2.45, 2.75) is 18.9 Å². The molecular weight excluding hydrogens is 320 g/mol. The fraction of sp³-hybridized carbons (Fsp3) is 0.263. The first-order chi connectivity index (χ1) is 11.7. The van der Waals surface area contributed by atoms with Crippen molar-refractivity contribution >= 4 is 29.2 Å². The van der Waals surface area contributed by atoms with Gasteiger partial charge in [-0.3, -0.25) is 9.59 Å². The smallest absolute Gasteiger partial charge is 0.261 e. The van der Waals surface area contributed by atoms with Crippen LogP contribution in [0.25, 0.3) is 6.08 Å². The average Bonchev–Trinajstić information content (AvgIpc) is 3.16. The fourth-order valence-corrected chi connectivity index (χ4v) is 3.37. The summed E-state index contributed by atoms with van der Waals surface area (Å²) >= 11 is 1.44. The second-order valence-electron chi connectivity index (χ2n) is 5.79. The van der Waals surface area contributed by atoms with E-state index in [1.165, 1.54) is 11.3 Å². The molecule has 0 aliphatic carbocycles. The van der Waals surface area contributed by atoms with Crippen LogP contribution in [0.1, 0.15) is 28.1 Å². The molecule has 3 rings (SSSR count). The minimum atomic E-state index is -0.0150. The van der Waals surface area contributed by atoms with Gasteiger partial charge in [0.25, 0.3) is 5.91 Å². The maximum Gasteiger partial charge on any atom is 0.261 e. The van der Waals surface area contributed by atoms with E-state index in [1.807, 2.05) is 58.8 Å². The monoisotopic (exact) mass is 340 g/mol. The van der Waals surface area contributed by atoms with Crippen LogP contribution in [0.3, 0.4) is 0 Å². The van der Waals surface area contributed by atoms with E-state index in [9.17, 15) is 9.59 Å². The molecule has 1 N–H and O–H groups in total. The highest BCUT2D eigenvalue weighted by molar-refractivity contribution is 7.12. The van der Waals surface area contributed by atoms with Gasteiger partial charge in [-0.05, 0) is 35.9 Å². The molecule has 1 aliphatic heterocycles. The van der Waals surface area contributed by atoms with Crippen LogP contribution in [0.4, 0.5) is 0 Å². The molecule has 2 aromatic rings.